The number of carbonyl (C=O) groups is 1. The average molecular weight is 346 g/mol. The molecule has 0 saturated carbocycles. The van der Waals surface area contributed by atoms with Crippen molar-refractivity contribution in [3.8, 4) is 0 Å². The number of halogens is 1. The molecule has 0 radical (unpaired) electrons. The van der Waals surface area contributed by atoms with Gasteiger partial charge in [-0.25, -0.2) is 0 Å². The van der Waals surface area contributed by atoms with Crippen molar-refractivity contribution in [2.75, 3.05) is 6.54 Å². The van der Waals surface area contributed by atoms with E-state index in [0.29, 0.717) is 6.54 Å². The van der Waals surface area contributed by atoms with Crippen LogP contribution >= 0.6 is 15.9 Å². The lowest BCUT2D eigenvalue weighted by Crippen LogP contribution is -2.36. The molecule has 108 valence electrons. The molecule has 0 saturated heterocycles. The van der Waals surface area contributed by atoms with Crippen molar-refractivity contribution < 1.29 is 9.90 Å². The van der Waals surface area contributed by atoms with Crippen molar-refractivity contribution in [2.24, 2.45) is 0 Å². The van der Waals surface area contributed by atoms with Gasteiger partial charge in [0.15, 0.2) is 0 Å². The van der Waals surface area contributed by atoms with Gasteiger partial charge in [-0.3, -0.25) is 9.69 Å². The molecule has 1 aliphatic rings. The minimum Gasteiger partial charge on any atom is -0.481 e. The monoisotopic (exact) mass is 345 g/mol. The second kappa shape index (κ2) is 6.00. The first-order chi connectivity index (χ1) is 10.1. The number of benzene rings is 2. The number of rotatable bonds is 3. The zero-order valence-electron chi connectivity index (χ0n) is 11.5. The third-order valence-electron chi connectivity index (χ3n) is 3.92. The van der Waals surface area contributed by atoms with Crippen LogP contribution in [-0.4, -0.2) is 22.5 Å². The molecule has 2 aromatic rings. The fourth-order valence-electron chi connectivity index (χ4n) is 2.88. The van der Waals surface area contributed by atoms with Gasteiger partial charge in [0.1, 0.15) is 0 Å². The normalized spacial score (nSPS) is 18.2. The first-order valence-electron chi connectivity index (χ1n) is 6.91. The molecule has 1 atom stereocenters. The summed E-state index contributed by atoms with van der Waals surface area (Å²) in [6.07, 6.45) is 0. The SMILES string of the molecule is O=C(O)C1CN(Cc2ccccc2Br)Cc2ccccc21. The van der Waals surface area contributed by atoms with Crippen molar-refractivity contribution in [3.05, 3.63) is 69.7 Å². The van der Waals surface area contributed by atoms with Crippen LogP contribution in [0.2, 0.25) is 0 Å². The highest BCUT2D eigenvalue weighted by molar-refractivity contribution is 9.10. The Balaban J connectivity index is 1.87. The molecule has 1 N–H and O–H groups in total. The van der Waals surface area contributed by atoms with Crippen molar-refractivity contribution in [1.82, 2.24) is 4.90 Å². The van der Waals surface area contributed by atoms with Crippen LogP contribution in [0.15, 0.2) is 53.0 Å². The Kier molecular flexibility index (Phi) is 4.08. The summed E-state index contributed by atoms with van der Waals surface area (Å²) < 4.78 is 1.07. The molecule has 1 unspecified atom stereocenters. The molecule has 0 spiro atoms. The van der Waals surface area contributed by atoms with Gasteiger partial charge >= 0.3 is 5.97 Å². The molecule has 0 fully saturated rings. The van der Waals surface area contributed by atoms with E-state index in [2.05, 4.69) is 26.9 Å². The summed E-state index contributed by atoms with van der Waals surface area (Å²) in [4.78, 5) is 13.7. The minimum atomic E-state index is -0.751. The van der Waals surface area contributed by atoms with Gasteiger partial charge < -0.3 is 5.11 Å². The Hall–Kier alpha value is -1.65. The zero-order chi connectivity index (χ0) is 14.8. The van der Waals surface area contributed by atoms with Gasteiger partial charge in [0, 0.05) is 24.1 Å². The van der Waals surface area contributed by atoms with E-state index >= 15 is 0 Å². The van der Waals surface area contributed by atoms with Crippen LogP contribution in [0, 0.1) is 0 Å². The second-order valence-electron chi connectivity index (χ2n) is 5.35. The average Bonchev–Trinajstić information content (AvgIpc) is 2.48. The number of nitrogens with zero attached hydrogens (tertiary/aromatic N) is 1. The maximum Gasteiger partial charge on any atom is 0.312 e. The Morgan fingerprint density at radius 3 is 2.67 bits per heavy atom. The first-order valence-corrected chi connectivity index (χ1v) is 7.71. The maximum atomic E-state index is 11.5. The molecule has 0 aromatic heterocycles. The smallest absolute Gasteiger partial charge is 0.312 e. The minimum absolute atomic E-state index is 0.447. The number of aliphatic carboxylic acids is 1. The fourth-order valence-corrected chi connectivity index (χ4v) is 3.29. The second-order valence-corrected chi connectivity index (χ2v) is 6.21. The van der Waals surface area contributed by atoms with E-state index in [1.165, 1.54) is 5.56 Å². The first kappa shape index (κ1) is 14.3. The van der Waals surface area contributed by atoms with E-state index in [9.17, 15) is 9.90 Å². The highest BCUT2D eigenvalue weighted by Crippen LogP contribution is 2.30. The van der Waals surface area contributed by atoms with E-state index < -0.39 is 11.9 Å². The number of carboxylic acids is 1. The van der Waals surface area contributed by atoms with Gasteiger partial charge in [0.05, 0.1) is 5.92 Å². The predicted molar refractivity (Wildman–Crippen MR) is 85.1 cm³/mol. The van der Waals surface area contributed by atoms with Crippen molar-refractivity contribution in [1.29, 1.82) is 0 Å². The summed E-state index contributed by atoms with van der Waals surface area (Å²) in [5.41, 5.74) is 3.25. The molecule has 0 bridgehead atoms. The Morgan fingerprint density at radius 1 is 1.19 bits per heavy atom. The molecule has 4 heteroatoms. The van der Waals surface area contributed by atoms with E-state index in [4.69, 9.17) is 0 Å². The summed E-state index contributed by atoms with van der Waals surface area (Å²) in [6, 6.07) is 15.9. The van der Waals surface area contributed by atoms with Crippen LogP contribution in [0.3, 0.4) is 0 Å². The molecular formula is C17H16BrNO2. The summed E-state index contributed by atoms with van der Waals surface area (Å²) in [6.45, 7) is 2.09. The fraction of sp³-hybridized carbons (Fsp3) is 0.235. The van der Waals surface area contributed by atoms with E-state index in [1.807, 2.05) is 42.5 Å². The Morgan fingerprint density at radius 2 is 1.90 bits per heavy atom. The summed E-state index contributed by atoms with van der Waals surface area (Å²) in [5, 5.41) is 9.49. The molecule has 0 aliphatic carbocycles. The van der Waals surface area contributed by atoms with Gasteiger partial charge in [-0.05, 0) is 22.8 Å². The lowest BCUT2D eigenvalue weighted by molar-refractivity contribution is -0.139. The Labute approximate surface area is 132 Å². The number of fused-ring (bicyclic) bond motifs is 1. The van der Waals surface area contributed by atoms with Crippen LogP contribution in [0.4, 0.5) is 0 Å². The quantitative estimate of drug-likeness (QED) is 0.923. The van der Waals surface area contributed by atoms with E-state index in [1.54, 1.807) is 0 Å². The highest BCUT2D eigenvalue weighted by Gasteiger charge is 2.30. The maximum absolute atomic E-state index is 11.5. The Bertz CT molecular complexity index is 671. The topological polar surface area (TPSA) is 40.5 Å². The largest absolute Gasteiger partial charge is 0.481 e. The van der Waals surface area contributed by atoms with Gasteiger partial charge in [-0.2, -0.15) is 0 Å². The van der Waals surface area contributed by atoms with Gasteiger partial charge in [0.2, 0.25) is 0 Å². The molecule has 3 nitrogen and oxygen atoms in total. The van der Waals surface area contributed by atoms with Gasteiger partial charge in [0.25, 0.3) is 0 Å². The van der Waals surface area contributed by atoms with Crippen molar-refractivity contribution >= 4 is 21.9 Å². The van der Waals surface area contributed by atoms with Gasteiger partial charge in [-0.1, -0.05) is 58.4 Å². The zero-order valence-corrected chi connectivity index (χ0v) is 13.1. The van der Waals surface area contributed by atoms with Crippen LogP contribution in [0.25, 0.3) is 0 Å². The molecule has 2 aromatic carbocycles. The lowest BCUT2D eigenvalue weighted by Gasteiger charge is -2.33. The van der Waals surface area contributed by atoms with E-state index in [0.717, 1.165) is 28.7 Å². The van der Waals surface area contributed by atoms with Crippen LogP contribution < -0.4 is 0 Å². The number of hydrogen-bond acceptors (Lipinski definition) is 2. The standard InChI is InChI=1S/C17H16BrNO2/c18-16-8-4-2-6-13(16)10-19-9-12-5-1-3-7-14(12)15(11-19)17(20)21/h1-8,15H,9-11H2,(H,20,21). The molecule has 3 rings (SSSR count). The highest BCUT2D eigenvalue weighted by atomic mass is 79.9. The lowest BCUT2D eigenvalue weighted by atomic mass is 9.89. The van der Waals surface area contributed by atoms with E-state index in [-0.39, 0.29) is 0 Å². The number of hydrogen-bond donors (Lipinski definition) is 1. The number of carboxylic acid groups (broad SMARTS) is 1. The third-order valence-corrected chi connectivity index (χ3v) is 4.69. The molecular weight excluding hydrogens is 330 g/mol. The van der Waals surface area contributed by atoms with Gasteiger partial charge in [-0.15, -0.1) is 0 Å². The predicted octanol–water partition coefficient (Wildman–Crippen LogP) is 3.63. The van der Waals surface area contributed by atoms with Crippen LogP contribution in [0.5, 0.6) is 0 Å². The van der Waals surface area contributed by atoms with Crippen molar-refractivity contribution in [3.63, 3.8) is 0 Å². The van der Waals surface area contributed by atoms with Crippen LogP contribution in [-0.2, 0) is 17.9 Å². The summed E-state index contributed by atoms with van der Waals surface area (Å²) in [7, 11) is 0. The molecule has 1 heterocycles. The summed E-state index contributed by atoms with van der Waals surface area (Å²) in [5.74, 6) is -1.20. The molecule has 0 amide bonds. The summed E-state index contributed by atoms with van der Waals surface area (Å²) >= 11 is 3.56. The molecule has 21 heavy (non-hydrogen) atoms. The molecule has 1 aliphatic heterocycles. The van der Waals surface area contributed by atoms with Crippen LogP contribution in [0.1, 0.15) is 22.6 Å². The van der Waals surface area contributed by atoms with Crippen molar-refractivity contribution in [2.45, 2.75) is 19.0 Å². The third kappa shape index (κ3) is 3.01.